The Hall–Kier alpha value is -4.09. The zero-order valence-electron chi connectivity index (χ0n) is 22.5. The van der Waals surface area contributed by atoms with E-state index in [1.807, 2.05) is 30.3 Å². The number of rotatable bonds is 9. The van der Waals surface area contributed by atoms with Crippen LogP contribution in [0.25, 0.3) is 22.6 Å². The molecular weight excluding hydrogens is 508 g/mol. The number of hydrogen-bond donors (Lipinski definition) is 2. The van der Waals surface area contributed by atoms with Gasteiger partial charge in [0, 0.05) is 30.8 Å². The molecule has 4 aromatic rings. The van der Waals surface area contributed by atoms with E-state index in [9.17, 15) is 9.90 Å². The molecule has 0 radical (unpaired) electrons. The largest absolute Gasteiger partial charge is 0.508 e. The van der Waals surface area contributed by atoms with Gasteiger partial charge in [-0.25, -0.2) is 14.6 Å². The maximum atomic E-state index is 12.6. The van der Waals surface area contributed by atoms with Gasteiger partial charge in [0.1, 0.15) is 5.75 Å². The van der Waals surface area contributed by atoms with Crippen molar-refractivity contribution in [3.63, 3.8) is 0 Å². The molecule has 1 amide bonds. The third-order valence-electron chi connectivity index (χ3n) is 7.44. The molecular formula is C29H34N8O3. The van der Waals surface area contributed by atoms with Crippen LogP contribution in [-0.4, -0.2) is 93.4 Å². The zero-order chi connectivity index (χ0) is 27.3. The zero-order valence-corrected chi connectivity index (χ0v) is 22.5. The molecule has 11 heteroatoms. The summed E-state index contributed by atoms with van der Waals surface area (Å²) in [6.45, 7) is 7.11. The standard InChI is InChI=1S/C29H34N8O3/c38-24-6-3-5-23(19-24)26-31-27(36-15-17-40-18-16-36)25-28(32-26)37(34-33-25)20-21-7-9-22(10-8-21)29(39)30-11-4-14-35-12-1-2-13-35/h3,5-10,19,38H,1-2,4,11-18,20H2,(H,30,39). The first-order chi connectivity index (χ1) is 19.6. The normalized spacial score (nSPS) is 16.1. The van der Waals surface area contributed by atoms with Crippen LogP contribution in [0.15, 0.2) is 48.5 Å². The highest BCUT2D eigenvalue weighted by molar-refractivity contribution is 5.94. The summed E-state index contributed by atoms with van der Waals surface area (Å²) in [4.78, 5) is 26.8. The number of nitrogens with zero attached hydrogens (tertiary/aromatic N) is 7. The molecule has 208 valence electrons. The van der Waals surface area contributed by atoms with Gasteiger partial charge in [0.25, 0.3) is 5.91 Å². The lowest BCUT2D eigenvalue weighted by Gasteiger charge is -2.28. The lowest BCUT2D eigenvalue weighted by Crippen LogP contribution is -2.37. The van der Waals surface area contributed by atoms with E-state index in [1.165, 1.54) is 25.9 Å². The van der Waals surface area contributed by atoms with Crippen LogP contribution < -0.4 is 10.2 Å². The predicted octanol–water partition coefficient (Wildman–Crippen LogP) is 2.69. The molecule has 0 atom stereocenters. The minimum absolute atomic E-state index is 0.0576. The third-order valence-corrected chi connectivity index (χ3v) is 7.44. The van der Waals surface area contributed by atoms with Crippen molar-refractivity contribution in [1.29, 1.82) is 0 Å². The number of ether oxygens (including phenoxy) is 1. The number of phenolic OH excluding ortho intramolecular Hbond substituents is 1. The number of benzene rings is 2. The van der Waals surface area contributed by atoms with Crippen molar-refractivity contribution in [3.8, 4) is 17.1 Å². The Balaban J connectivity index is 1.19. The molecule has 0 aliphatic carbocycles. The van der Waals surface area contributed by atoms with Crippen molar-refractivity contribution in [1.82, 2.24) is 35.2 Å². The number of carbonyl (C=O) groups is 1. The van der Waals surface area contributed by atoms with E-state index in [-0.39, 0.29) is 11.7 Å². The van der Waals surface area contributed by atoms with Gasteiger partial charge in [-0.2, -0.15) is 0 Å². The molecule has 11 nitrogen and oxygen atoms in total. The monoisotopic (exact) mass is 542 g/mol. The summed E-state index contributed by atoms with van der Waals surface area (Å²) in [7, 11) is 0. The van der Waals surface area contributed by atoms with Gasteiger partial charge in [-0.05, 0) is 68.7 Å². The van der Waals surface area contributed by atoms with Crippen LogP contribution in [0.2, 0.25) is 0 Å². The number of carbonyl (C=O) groups excluding carboxylic acids is 1. The fourth-order valence-corrected chi connectivity index (χ4v) is 5.27. The Labute approximate surface area is 232 Å². The number of aromatic nitrogens is 5. The maximum Gasteiger partial charge on any atom is 0.251 e. The number of nitrogens with one attached hydrogen (secondary N) is 1. The number of amides is 1. The number of aromatic hydroxyl groups is 1. The molecule has 2 aliphatic rings. The average molecular weight is 543 g/mol. The summed E-state index contributed by atoms with van der Waals surface area (Å²) < 4.78 is 7.28. The van der Waals surface area contributed by atoms with Gasteiger partial charge in [0.2, 0.25) is 0 Å². The molecule has 40 heavy (non-hydrogen) atoms. The highest BCUT2D eigenvalue weighted by Crippen LogP contribution is 2.28. The van der Waals surface area contributed by atoms with E-state index in [4.69, 9.17) is 14.7 Å². The van der Waals surface area contributed by atoms with Crippen molar-refractivity contribution in [3.05, 3.63) is 59.7 Å². The number of fused-ring (bicyclic) bond motifs is 1. The summed E-state index contributed by atoms with van der Waals surface area (Å²) >= 11 is 0. The number of anilines is 1. The van der Waals surface area contributed by atoms with E-state index in [2.05, 4.69) is 25.4 Å². The first-order valence-electron chi connectivity index (χ1n) is 14.0. The van der Waals surface area contributed by atoms with Crippen LogP contribution in [0.5, 0.6) is 5.75 Å². The molecule has 2 aromatic carbocycles. The fourth-order valence-electron chi connectivity index (χ4n) is 5.27. The van der Waals surface area contributed by atoms with Gasteiger partial charge in [-0.1, -0.05) is 29.5 Å². The molecule has 0 bridgehead atoms. The van der Waals surface area contributed by atoms with Gasteiger partial charge in [0.05, 0.1) is 19.8 Å². The van der Waals surface area contributed by atoms with Crippen molar-refractivity contribution in [2.45, 2.75) is 25.8 Å². The fraction of sp³-hybridized carbons (Fsp3) is 0.414. The molecule has 0 unspecified atom stereocenters. The predicted molar refractivity (Wildman–Crippen MR) is 151 cm³/mol. The SMILES string of the molecule is O=C(NCCCN1CCCC1)c1ccc(Cn2nnc3c(N4CCOCC4)nc(-c4cccc(O)c4)nc32)cc1. The summed E-state index contributed by atoms with van der Waals surface area (Å²) in [5.74, 6) is 1.29. The van der Waals surface area contributed by atoms with Crippen LogP contribution in [-0.2, 0) is 11.3 Å². The molecule has 2 fully saturated rings. The molecule has 2 saturated heterocycles. The Morgan fingerprint density at radius 1 is 1.00 bits per heavy atom. The Kier molecular flexibility index (Phi) is 7.83. The van der Waals surface area contributed by atoms with Gasteiger partial charge in [-0.15, -0.1) is 5.10 Å². The minimum Gasteiger partial charge on any atom is -0.508 e. The van der Waals surface area contributed by atoms with Crippen LogP contribution in [0.1, 0.15) is 35.2 Å². The summed E-state index contributed by atoms with van der Waals surface area (Å²) in [6, 6.07) is 14.5. The van der Waals surface area contributed by atoms with E-state index in [0.29, 0.717) is 73.3 Å². The topological polar surface area (TPSA) is 122 Å². The highest BCUT2D eigenvalue weighted by atomic mass is 16.5. The van der Waals surface area contributed by atoms with Crippen molar-refractivity contribution in [2.75, 3.05) is 57.4 Å². The average Bonchev–Trinajstić information content (AvgIpc) is 3.66. The molecule has 2 N–H and O–H groups in total. The summed E-state index contributed by atoms with van der Waals surface area (Å²) in [6.07, 6.45) is 3.52. The van der Waals surface area contributed by atoms with Crippen molar-refractivity contribution >= 4 is 22.9 Å². The quantitative estimate of drug-likeness (QED) is 0.308. The molecule has 0 saturated carbocycles. The minimum atomic E-state index is -0.0576. The Morgan fingerprint density at radius 3 is 2.58 bits per heavy atom. The van der Waals surface area contributed by atoms with Gasteiger partial charge >= 0.3 is 0 Å². The molecule has 0 spiro atoms. The molecule has 4 heterocycles. The smallest absolute Gasteiger partial charge is 0.251 e. The van der Waals surface area contributed by atoms with Crippen LogP contribution in [0.4, 0.5) is 5.82 Å². The number of phenols is 1. The molecule has 6 rings (SSSR count). The molecule has 2 aromatic heterocycles. The first-order valence-corrected chi connectivity index (χ1v) is 14.0. The van der Waals surface area contributed by atoms with Crippen LogP contribution in [0, 0.1) is 0 Å². The Bertz CT molecular complexity index is 1460. The van der Waals surface area contributed by atoms with Gasteiger partial charge < -0.3 is 25.0 Å². The second-order valence-electron chi connectivity index (χ2n) is 10.3. The highest BCUT2D eigenvalue weighted by Gasteiger charge is 2.22. The number of hydrogen-bond acceptors (Lipinski definition) is 9. The second kappa shape index (κ2) is 12.0. The first kappa shape index (κ1) is 26.1. The lowest BCUT2D eigenvalue weighted by molar-refractivity contribution is 0.0952. The van der Waals surface area contributed by atoms with Gasteiger partial charge in [0.15, 0.2) is 22.8 Å². The summed E-state index contributed by atoms with van der Waals surface area (Å²) in [5, 5.41) is 21.9. The number of morpholine rings is 1. The van der Waals surface area contributed by atoms with E-state index < -0.39 is 0 Å². The second-order valence-corrected chi connectivity index (χ2v) is 10.3. The van der Waals surface area contributed by atoms with E-state index in [1.54, 1.807) is 22.9 Å². The summed E-state index contributed by atoms with van der Waals surface area (Å²) in [5.41, 5.74) is 3.55. The van der Waals surface area contributed by atoms with Crippen LogP contribution in [0.3, 0.4) is 0 Å². The van der Waals surface area contributed by atoms with E-state index >= 15 is 0 Å². The van der Waals surface area contributed by atoms with E-state index in [0.717, 1.165) is 18.5 Å². The molecule has 2 aliphatic heterocycles. The van der Waals surface area contributed by atoms with Gasteiger partial charge in [-0.3, -0.25) is 4.79 Å². The van der Waals surface area contributed by atoms with Crippen LogP contribution >= 0.6 is 0 Å². The number of likely N-dealkylation sites (tertiary alicyclic amines) is 1. The maximum absolute atomic E-state index is 12.6. The van der Waals surface area contributed by atoms with Crippen molar-refractivity contribution < 1.29 is 14.6 Å². The third kappa shape index (κ3) is 5.90. The van der Waals surface area contributed by atoms with Crippen molar-refractivity contribution in [2.24, 2.45) is 0 Å². The lowest BCUT2D eigenvalue weighted by atomic mass is 10.1. The Morgan fingerprint density at radius 2 is 1.80 bits per heavy atom.